The zero-order chi connectivity index (χ0) is 14.5. The molecular formula is C15H22ClNO2. The predicted molar refractivity (Wildman–Crippen MR) is 78.3 cm³/mol. The Morgan fingerprint density at radius 2 is 2.00 bits per heavy atom. The van der Waals surface area contributed by atoms with Crippen molar-refractivity contribution in [2.75, 3.05) is 13.1 Å². The highest BCUT2D eigenvalue weighted by molar-refractivity contribution is 6.31. The molecule has 0 aliphatic heterocycles. The summed E-state index contributed by atoms with van der Waals surface area (Å²) in [6.07, 6.45) is 1.04. The molecule has 0 atom stereocenters. The highest BCUT2D eigenvalue weighted by Crippen LogP contribution is 2.17. The maximum absolute atomic E-state index is 12.1. The van der Waals surface area contributed by atoms with Gasteiger partial charge in [-0.25, -0.2) is 0 Å². The molecule has 3 nitrogen and oxygen atoms in total. The number of aliphatic hydroxyl groups is 1. The smallest absolute Gasteiger partial charge is 0.222 e. The summed E-state index contributed by atoms with van der Waals surface area (Å²) in [5, 5.41) is 10.5. The number of aryl methyl sites for hydroxylation is 1. The van der Waals surface area contributed by atoms with Gasteiger partial charge in [-0.15, -0.1) is 0 Å². The quantitative estimate of drug-likeness (QED) is 0.872. The molecule has 106 valence electrons. The van der Waals surface area contributed by atoms with Gasteiger partial charge in [0.1, 0.15) is 0 Å². The Morgan fingerprint density at radius 3 is 2.53 bits per heavy atom. The number of benzene rings is 1. The Labute approximate surface area is 120 Å². The topological polar surface area (TPSA) is 40.5 Å². The van der Waals surface area contributed by atoms with Crippen molar-refractivity contribution in [3.8, 4) is 0 Å². The van der Waals surface area contributed by atoms with Gasteiger partial charge in [0, 0.05) is 24.5 Å². The average Bonchev–Trinajstić information content (AvgIpc) is 2.33. The molecule has 0 fully saturated rings. The molecule has 0 radical (unpaired) electrons. The molecule has 0 saturated carbocycles. The lowest BCUT2D eigenvalue weighted by atomic mass is 10.1. The van der Waals surface area contributed by atoms with Crippen molar-refractivity contribution in [2.24, 2.45) is 0 Å². The lowest BCUT2D eigenvalue weighted by Crippen LogP contribution is -2.42. The summed E-state index contributed by atoms with van der Waals surface area (Å²) in [7, 11) is 0. The standard InChI is InChI=1S/C15H22ClNO2/c1-4-17(11-15(2,3)19)14(18)10-9-12-7-5-6-8-13(12)16/h5-8,19H,4,9-11H2,1-3H3. The molecule has 0 saturated heterocycles. The zero-order valence-corrected chi connectivity index (χ0v) is 12.6. The van der Waals surface area contributed by atoms with Gasteiger partial charge in [0.05, 0.1) is 5.60 Å². The number of likely N-dealkylation sites (N-methyl/N-ethyl adjacent to an activating group) is 1. The van der Waals surface area contributed by atoms with Gasteiger partial charge in [0.25, 0.3) is 0 Å². The van der Waals surface area contributed by atoms with Gasteiger partial charge in [0.15, 0.2) is 0 Å². The van der Waals surface area contributed by atoms with Gasteiger partial charge >= 0.3 is 0 Å². The molecule has 1 N–H and O–H groups in total. The summed E-state index contributed by atoms with van der Waals surface area (Å²) in [4.78, 5) is 13.8. The average molecular weight is 284 g/mol. The monoisotopic (exact) mass is 283 g/mol. The van der Waals surface area contributed by atoms with Crippen LogP contribution in [0.4, 0.5) is 0 Å². The number of hydrogen-bond donors (Lipinski definition) is 1. The van der Waals surface area contributed by atoms with Crippen LogP contribution in [0.1, 0.15) is 32.8 Å². The second kappa shape index (κ2) is 6.92. The van der Waals surface area contributed by atoms with Crippen molar-refractivity contribution < 1.29 is 9.90 Å². The molecule has 0 spiro atoms. The van der Waals surface area contributed by atoms with Crippen LogP contribution in [0, 0.1) is 0 Å². The van der Waals surface area contributed by atoms with Crippen LogP contribution in [-0.4, -0.2) is 34.6 Å². The Bertz CT molecular complexity index is 426. The Kier molecular flexibility index (Phi) is 5.83. The van der Waals surface area contributed by atoms with E-state index in [1.165, 1.54) is 0 Å². The second-order valence-electron chi connectivity index (χ2n) is 5.31. The second-order valence-corrected chi connectivity index (χ2v) is 5.72. The van der Waals surface area contributed by atoms with Crippen molar-refractivity contribution in [1.82, 2.24) is 4.90 Å². The molecule has 0 bridgehead atoms. The lowest BCUT2D eigenvalue weighted by Gasteiger charge is -2.28. The first kappa shape index (κ1) is 16.0. The molecule has 0 aromatic heterocycles. The van der Waals surface area contributed by atoms with Crippen LogP contribution in [0.5, 0.6) is 0 Å². The van der Waals surface area contributed by atoms with E-state index in [1.54, 1.807) is 18.7 Å². The van der Waals surface area contributed by atoms with Crippen LogP contribution < -0.4 is 0 Å². The van der Waals surface area contributed by atoms with Crippen molar-refractivity contribution in [2.45, 2.75) is 39.2 Å². The first-order valence-corrected chi connectivity index (χ1v) is 6.95. The normalized spacial score (nSPS) is 11.4. The maximum atomic E-state index is 12.1. The Balaban J connectivity index is 2.57. The van der Waals surface area contributed by atoms with Gasteiger partial charge < -0.3 is 10.0 Å². The van der Waals surface area contributed by atoms with Crippen molar-refractivity contribution in [3.05, 3.63) is 34.9 Å². The number of nitrogens with zero attached hydrogens (tertiary/aromatic N) is 1. The third-order valence-corrected chi connectivity index (χ3v) is 3.25. The van der Waals surface area contributed by atoms with E-state index in [1.807, 2.05) is 31.2 Å². The van der Waals surface area contributed by atoms with Gasteiger partial charge in [-0.3, -0.25) is 4.79 Å². The molecule has 0 aliphatic rings. The van der Waals surface area contributed by atoms with Crippen LogP contribution in [0.3, 0.4) is 0 Å². The number of carbonyl (C=O) groups excluding carboxylic acids is 1. The molecule has 1 amide bonds. The molecule has 19 heavy (non-hydrogen) atoms. The van der Waals surface area contributed by atoms with E-state index >= 15 is 0 Å². The molecule has 1 aromatic carbocycles. The number of hydrogen-bond acceptors (Lipinski definition) is 2. The highest BCUT2D eigenvalue weighted by atomic mass is 35.5. The fourth-order valence-corrected chi connectivity index (χ4v) is 2.17. The highest BCUT2D eigenvalue weighted by Gasteiger charge is 2.21. The van der Waals surface area contributed by atoms with Crippen LogP contribution in [-0.2, 0) is 11.2 Å². The first-order chi connectivity index (χ1) is 8.83. The molecule has 1 aromatic rings. The Morgan fingerprint density at radius 1 is 1.37 bits per heavy atom. The van der Waals surface area contributed by atoms with E-state index in [2.05, 4.69) is 0 Å². The molecule has 4 heteroatoms. The first-order valence-electron chi connectivity index (χ1n) is 6.57. The Hall–Kier alpha value is -1.06. The van der Waals surface area contributed by atoms with E-state index in [9.17, 15) is 9.90 Å². The van der Waals surface area contributed by atoms with Crippen molar-refractivity contribution in [1.29, 1.82) is 0 Å². The van der Waals surface area contributed by atoms with Gasteiger partial charge in [-0.05, 0) is 38.8 Å². The summed E-state index contributed by atoms with van der Waals surface area (Å²) in [5.74, 6) is 0.0459. The lowest BCUT2D eigenvalue weighted by molar-refractivity contribution is -0.133. The predicted octanol–water partition coefficient (Wildman–Crippen LogP) is 2.89. The molecular weight excluding hydrogens is 262 g/mol. The number of rotatable bonds is 6. The largest absolute Gasteiger partial charge is 0.389 e. The molecule has 0 aliphatic carbocycles. The van der Waals surface area contributed by atoms with Gasteiger partial charge in [-0.2, -0.15) is 0 Å². The SMILES string of the molecule is CCN(CC(C)(C)O)C(=O)CCc1ccccc1Cl. The fraction of sp³-hybridized carbons (Fsp3) is 0.533. The summed E-state index contributed by atoms with van der Waals surface area (Å²) < 4.78 is 0. The third-order valence-electron chi connectivity index (χ3n) is 2.88. The van der Waals surface area contributed by atoms with Gasteiger partial charge in [-0.1, -0.05) is 29.8 Å². The summed E-state index contributed by atoms with van der Waals surface area (Å²) in [6.45, 7) is 6.28. The minimum Gasteiger partial charge on any atom is -0.389 e. The van der Waals surface area contributed by atoms with Gasteiger partial charge in [0.2, 0.25) is 5.91 Å². The summed E-state index contributed by atoms with van der Waals surface area (Å²) in [5.41, 5.74) is 0.118. The number of carbonyl (C=O) groups is 1. The van der Waals surface area contributed by atoms with Crippen molar-refractivity contribution in [3.63, 3.8) is 0 Å². The van der Waals surface area contributed by atoms with Crippen LogP contribution in [0.25, 0.3) is 0 Å². The summed E-state index contributed by atoms with van der Waals surface area (Å²) in [6, 6.07) is 7.55. The van der Waals surface area contributed by atoms with E-state index in [4.69, 9.17) is 11.6 Å². The summed E-state index contributed by atoms with van der Waals surface area (Å²) >= 11 is 6.06. The number of halogens is 1. The molecule has 0 heterocycles. The fourth-order valence-electron chi connectivity index (χ4n) is 1.94. The van der Waals surface area contributed by atoms with Crippen molar-refractivity contribution >= 4 is 17.5 Å². The van der Waals surface area contributed by atoms with Crippen LogP contribution in [0.2, 0.25) is 5.02 Å². The minimum absolute atomic E-state index is 0.0459. The van der Waals surface area contributed by atoms with E-state index in [0.29, 0.717) is 31.0 Å². The molecule has 0 unspecified atom stereocenters. The zero-order valence-electron chi connectivity index (χ0n) is 11.8. The van der Waals surface area contributed by atoms with Crippen LogP contribution >= 0.6 is 11.6 Å². The maximum Gasteiger partial charge on any atom is 0.222 e. The van der Waals surface area contributed by atoms with E-state index in [-0.39, 0.29) is 5.91 Å². The third kappa shape index (κ3) is 5.62. The molecule has 1 rings (SSSR count). The van der Waals surface area contributed by atoms with E-state index in [0.717, 1.165) is 5.56 Å². The van der Waals surface area contributed by atoms with Crippen LogP contribution in [0.15, 0.2) is 24.3 Å². The number of amides is 1. The minimum atomic E-state index is -0.865. The van der Waals surface area contributed by atoms with E-state index < -0.39 is 5.60 Å².